The molecule has 1 fully saturated rings. The Morgan fingerprint density at radius 2 is 2.09 bits per heavy atom. The lowest BCUT2D eigenvalue weighted by Gasteiger charge is -2.27. The van der Waals surface area contributed by atoms with E-state index in [4.69, 9.17) is 4.74 Å². The number of carbonyl (C=O) groups excluding carboxylic acids is 1. The third-order valence-corrected chi connectivity index (χ3v) is 4.28. The van der Waals surface area contributed by atoms with Gasteiger partial charge in [0.2, 0.25) is 0 Å². The standard InChI is InChI=1S/C17H25FN2O2/c1-13-5-6-15(18)11-16(13)17(21)20-8-4-7-19(9-10-20)14(2)12-22-3/h5-6,11,14H,4,7-10,12H2,1-3H3. The Balaban J connectivity index is 2.04. The number of aryl methyl sites for hydroxylation is 1. The van der Waals surface area contributed by atoms with Gasteiger partial charge in [-0.1, -0.05) is 6.07 Å². The number of halogens is 1. The number of rotatable bonds is 4. The SMILES string of the molecule is COCC(C)N1CCCN(C(=O)c2cc(F)ccc2C)CC1. The molecule has 2 rings (SSSR count). The molecule has 0 aromatic heterocycles. The first-order valence-corrected chi connectivity index (χ1v) is 7.81. The van der Waals surface area contributed by atoms with E-state index >= 15 is 0 Å². The van der Waals surface area contributed by atoms with Gasteiger partial charge in [0.15, 0.2) is 0 Å². The van der Waals surface area contributed by atoms with Crippen molar-refractivity contribution in [3.05, 3.63) is 35.1 Å². The van der Waals surface area contributed by atoms with E-state index in [0.29, 0.717) is 31.3 Å². The summed E-state index contributed by atoms with van der Waals surface area (Å²) in [5.74, 6) is -0.433. The van der Waals surface area contributed by atoms with Crippen LogP contribution in [0.3, 0.4) is 0 Å². The molecule has 0 N–H and O–H groups in total. The number of nitrogens with zero attached hydrogens (tertiary/aromatic N) is 2. The van der Waals surface area contributed by atoms with Crippen molar-refractivity contribution in [1.29, 1.82) is 0 Å². The number of hydrogen-bond acceptors (Lipinski definition) is 3. The van der Waals surface area contributed by atoms with E-state index in [1.807, 2.05) is 11.8 Å². The van der Waals surface area contributed by atoms with Crippen molar-refractivity contribution in [2.75, 3.05) is 39.9 Å². The second-order valence-corrected chi connectivity index (χ2v) is 5.95. The fraction of sp³-hybridized carbons (Fsp3) is 0.588. The molecule has 0 bridgehead atoms. The Morgan fingerprint density at radius 3 is 2.82 bits per heavy atom. The van der Waals surface area contributed by atoms with Gasteiger partial charge in [-0.2, -0.15) is 0 Å². The summed E-state index contributed by atoms with van der Waals surface area (Å²) in [6.07, 6.45) is 0.925. The van der Waals surface area contributed by atoms with E-state index in [2.05, 4.69) is 11.8 Å². The van der Waals surface area contributed by atoms with Crippen LogP contribution in [0.4, 0.5) is 4.39 Å². The van der Waals surface area contributed by atoms with Gasteiger partial charge in [0, 0.05) is 44.9 Å². The van der Waals surface area contributed by atoms with E-state index in [9.17, 15) is 9.18 Å². The molecule has 122 valence electrons. The summed E-state index contributed by atoms with van der Waals surface area (Å²) in [4.78, 5) is 16.8. The van der Waals surface area contributed by atoms with Crippen LogP contribution >= 0.6 is 0 Å². The molecule has 1 aromatic carbocycles. The highest BCUT2D eigenvalue weighted by Gasteiger charge is 2.23. The van der Waals surface area contributed by atoms with Crippen LogP contribution in [0, 0.1) is 12.7 Å². The normalized spacial score (nSPS) is 18.1. The van der Waals surface area contributed by atoms with Crippen molar-refractivity contribution in [1.82, 2.24) is 9.80 Å². The van der Waals surface area contributed by atoms with Gasteiger partial charge in [0.05, 0.1) is 6.61 Å². The van der Waals surface area contributed by atoms with E-state index in [1.165, 1.54) is 12.1 Å². The van der Waals surface area contributed by atoms with Gasteiger partial charge in [-0.05, 0) is 38.0 Å². The third-order valence-electron chi connectivity index (χ3n) is 4.28. The maximum absolute atomic E-state index is 13.4. The van der Waals surface area contributed by atoms with Gasteiger partial charge >= 0.3 is 0 Å². The lowest BCUT2D eigenvalue weighted by atomic mass is 10.1. The molecule has 1 aromatic rings. The lowest BCUT2D eigenvalue weighted by Crippen LogP contribution is -2.40. The fourth-order valence-electron chi connectivity index (χ4n) is 2.92. The van der Waals surface area contributed by atoms with Gasteiger partial charge < -0.3 is 9.64 Å². The van der Waals surface area contributed by atoms with E-state index < -0.39 is 0 Å². The highest BCUT2D eigenvalue weighted by Crippen LogP contribution is 2.15. The molecule has 1 saturated heterocycles. The molecule has 1 heterocycles. The molecule has 0 spiro atoms. The monoisotopic (exact) mass is 308 g/mol. The average Bonchev–Trinajstić information content (AvgIpc) is 2.75. The van der Waals surface area contributed by atoms with Crippen LogP contribution < -0.4 is 0 Å². The van der Waals surface area contributed by atoms with Crippen LogP contribution in [0.1, 0.15) is 29.3 Å². The molecular formula is C17H25FN2O2. The summed E-state index contributed by atoms with van der Waals surface area (Å²) in [7, 11) is 1.71. The Labute approximate surface area is 131 Å². The summed E-state index contributed by atoms with van der Waals surface area (Å²) in [5, 5.41) is 0. The van der Waals surface area contributed by atoms with E-state index in [-0.39, 0.29) is 11.7 Å². The number of amides is 1. The minimum Gasteiger partial charge on any atom is -0.383 e. The second-order valence-electron chi connectivity index (χ2n) is 5.95. The topological polar surface area (TPSA) is 32.8 Å². The van der Waals surface area contributed by atoms with Crippen LogP contribution in [0.25, 0.3) is 0 Å². The molecule has 1 atom stereocenters. The molecule has 22 heavy (non-hydrogen) atoms. The molecule has 4 nitrogen and oxygen atoms in total. The zero-order valence-electron chi connectivity index (χ0n) is 13.6. The molecule has 5 heteroatoms. The number of ether oxygens (including phenoxy) is 1. The number of hydrogen-bond donors (Lipinski definition) is 0. The zero-order chi connectivity index (χ0) is 16.1. The maximum atomic E-state index is 13.4. The first-order valence-electron chi connectivity index (χ1n) is 7.81. The van der Waals surface area contributed by atoms with Crippen LogP contribution in [0.15, 0.2) is 18.2 Å². The average molecular weight is 308 g/mol. The Kier molecular flexibility index (Phi) is 5.91. The minimum absolute atomic E-state index is 0.0711. The molecule has 1 aliphatic heterocycles. The highest BCUT2D eigenvalue weighted by atomic mass is 19.1. The minimum atomic E-state index is -0.362. The molecule has 1 amide bonds. The van der Waals surface area contributed by atoms with Crippen molar-refractivity contribution >= 4 is 5.91 Å². The van der Waals surface area contributed by atoms with Gasteiger partial charge in [-0.25, -0.2) is 4.39 Å². The molecule has 0 aliphatic carbocycles. The van der Waals surface area contributed by atoms with Gasteiger partial charge in [0.25, 0.3) is 5.91 Å². The summed E-state index contributed by atoms with van der Waals surface area (Å²) in [6.45, 7) is 7.83. The highest BCUT2D eigenvalue weighted by molar-refractivity contribution is 5.95. The zero-order valence-corrected chi connectivity index (χ0v) is 13.6. The first-order chi connectivity index (χ1) is 10.5. The first kappa shape index (κ1) is 16.9. The summed E-state index contributed by atoms with van der Waals surface area (Å²) >= 11 is 0. The Bertz CT molecular complexity index is 521. The Morgan fingerprint density at radius 1 is 1.32 bits per heavy atom. The number of carbonyl (C=O) groups is 1. The predicted octanol–water partition coefficient (Wildman–Crippen LogP) is 2.32. The smallest absolute Gasteiger partial charge is 0.254 e. The van der Waals surface area contributed by atoms with Crippen LogP contribution in [0.2, 0.25) is 0 Å². The number of benzene rings is 1. The van der Waals surface area contributed by atoms with E-state index in [1.54, 1.807) is 13.2 Å². The van der Waals surface area contributed by atoms with Gasteiger partial charge in [-0.3, -0.25) is 9.69 Å². The second kappa shape index (κ2) is 7.70. The van der Waals surface area contributed by atoms with Gasteiger partial charge in [-0.15, -0.1) is 0 Å². The quantitative estimate of drug-likeness (QED) is 0.856. The van der Waals surface area contributed by atoms with Crippen LogP contribution in [-0.2, 0) is 4.74 Å². The molecule has 0 saturated carbocycles. The van der Waals surface area contributed by atoms with Crippen molar-refractivity contribution in [2.45, 2.75) is 26.3 Å². The summed E-state index contributed by atoms with van der Waals surface area (Å²) in [6, 6.07) is 4.74. The number of methoxy groups -OCH3 is 1. The van der Waals surface area contributed by atoms with Crippen LogP contribution in [-0.4, -0.2) is 61.6 Å². The molecular weight excluding hydrogens is 283 g/mol. The fourth-order valence-corrected chi connectivity index (χ4v) is 2.92. The maximum Gasteiger partial charge on any atom is 0.254 e. The van der Waals surface area contributed by atoms with E-state index in [0.717, 1.165) is 25.1 Å². The predicted molar refractivity (Wildman–Crippen MR) is 84.6 cm³/mol. The van der Waals surface area contributed by atoms with Crippen LogP contribution in [0.5, 0.6) is 0 Å². The summed E-state index contributed by atoms with van der Waals surface area (Å²) in [5.41, 5.74) is 1.29. The Hall–Kier alpha value is -1.46. The van der Waals surface area contributed by atoms with Crippen molar-refractivity contribution < 1.29 is 13.9 Å². The van der Waals surface area contributed by atoms with Crippen molar-refractivity contribution in [3.8, 4) is 0 Å². The molecule has 0 radical (unpaired) electrons. The lowest BCUT2D eigenvalue weighted by molar-refractivity contribution is 0.0743. The molecule has 1 unspecified atom stereocenters. The summed E-state index contributed by atoms with van der Waals surface area (Å²) < 4.78 is 18.6. The van der Waals surface area contributed by atoms with Crippen molar-refractivity contribution in [3.63, 3.8) is 0 Å². The largest absolute Gasteiger partial charge is 0.383 e. The van der Waals surface area contributed by atoms with Gasteiger partial charge in [0.1, 0.15) is 5.82 Å². The molecule has 1 aliphatic rings. The van der Waals surface area contributed by atoms with Crippen molar-refractivity contribution in [2.24, 2.45) is 0 Å². The third kappa shape index (κ3) is 4.05.